The minimum atomic E-state index is -3.19. The third kappa shape index (κ3) is 5.74. The first-order chi connectivity index (χ1) is 15.4. The molecule has 0 fully saturated rings. The summed E-state index contributed by atoms with van der Waals surface area (Å²) in [4.78, 5) is 23.6. The van der Waals surface area contributed by atoms with Crippen molar-refractivity contribution in [3.63, 3.8) is 0 Å². The highest BCUT2D eigenvalue weighted by Gasteiger charge is 2.24. The van der Waals surface area contributed by atoms with E-state index in [1.807, 2.05) is 24.3 Å². The Labute approximate surface area is 185 Å². The lowest BCUT2D eigenvalue weighted by Gasteiger charge is -2.17. The number of fused-ring (bicyclic) bond motifs is 1. The molecule has 0 saturated heterocycles. The number of H-pyrrole nitrogens is 1. The van der Waals surface area contributed by atoms with Gasteiger partial charge in [-0.15, -0.1) is 0 Å². The zero-order valence-corrected chi connectivity index (χ0v) is 19.3. The minimum absolute atomic E-state index is 0.0674. The van der Waals surface area contributed by atoms with Crippen LogP contribution >= 0.6 is 7.60 Å². The molecule has 0 amide bonds. The third-order valence-electron chi connectivity index (χ3n) is 4.54. The molecule has 2 heterocycles. The topological polar surface area (TPSA) is 144 Å². The molecule has 3 N–H and O–H groups in total. The van der Waals surface area contributed by atoms with Crippen LogP contribution in [0, 0.1) is 0 Å². The number of nitrogen functional groups attached to an aromatic ring is 1. The van der Waals surface area contributed by atoms with Gasteiger partial charge in [-0.05, 0) is 25.0 Å². The predicted molar refractivity (Wildman–Crippen MR) is 120 cm³/mol. The van der Waals surface area contributed by atoms with Gasteiger partial charge in [0.1, 0.15) is 12.1 Å². The van der Waals surface area contributed by atoms with E-state index in [1.165, 1.54) is 4.57 Å². The first kappa shape index (κ1) is 23.9. The molecular formula is C20H28N5O6P. The molecular weight excluding hydrogens is 437 g/mol. The lowest BCUT2D eigenvalue weighted by atomic mass is 10.1. The Bertz CT molecular complexity index is 1130. The van der Waals surface area contributed by atoms with Crippen LogP contribution in [-0.2, 0) is 31.1 Å². The molecule has 0 aliphatic heterocycles. The molecule has 0 unspecified atom stereocenters. The van der Waals surface area contributed by atoms with Crippen LogP contribution in [0.4, 0.5) is 5.82 Å². The van der Waals surface area contributed by atoms with Gasteiger partial charge in [0.05, 0.1) is 32.5 Å². The molecule has 11 nitrogen and oxygen atoms in total. The molecule has 12 heteroatoms. The van der Waals surface area contributed by atoms with Crippen molar-refractivity contribution >= 4 is 24.6 Å². The summed E-state index contributed by atoms with van der Waals surface area (Å²) in [6, 6.07) is 7.44. The molecule has 32 heavy (non-hydrogen) atoms. The number of nitrogens with one attached hydrogen (secondary N) is 1. The molecule has 0 aliphatic rings. The summed E-state index contributed by atoms with van der Waals surface area (Å²) in [5, 5.41) is 0. The molecule has 0 saturated carbocycles. The second-order valence-electron chi connectivity index (χ2n) is 6.87. The van der Waals surface area contributed by atoms with Crippen molar-refractivity contribution in [2.75, 3.05) is 39.3 Å². The van der Waals surface area contributed by atoms with Gasteiger partial charge in [-0.1, -0.05) is 24.3 Å². The van der Waals surface area contributed by atoms with E-state index in [4.69, 9.17) is 24.3 Å². The van der Waals surface area contributed by atoms with Gasteiger partial charge in [0.25, 0.3) is 0 Å². The smallest absolute Gasteiger partial charge is 0.335 e. The first-order valence-corrected chi connectivity index (χ1v) is 12.0. The highest BCUT2D eigenvalue weighted by atomic mass is 31.2. The van der Waals surface area contributed by atoms with Crippen LogP contribution in [0.2, 0.25) is 0 Å². The number of imidazole rings is 1. The highest BCUT2D eigenvalue weighted by Crippen LogP contribution is 2.51. The van der Waals surface area contributed by atoms with Gasteiger partial charge in [-0.2, -0.15) is 9.97 Å². The molecule has 0 radical (unpaired) electrons. The number of methoxy groups -OCH3 is 1. The molecule has 0 spiro atoms. The lowest BCUT2D eigenvalue weighted by molar-refractivity contribution is 0.141. The fraction of sp³-hybridized carbons (Fsp3) is 0.450. The van der Waals surface area contributed by atoms with Gasteiger partial charge in [-0.3, -0.25) is 9.13 Å². The van der Waals surface area contributed by atoms with E-state index in [1.54, 1.807) is 21.0 Å². The maximum Gasteiger partial charge on any atom is 0.335 e. The Hall–Kier alpha value is -2.72. The van der Waals surface area contributed by atoms with Crippen molar-refractivity contribution in [1.82, 2.24) is 19.5 Å². The second-order valence-corrected chi connectivity index (χ2v) is 8.92. The number of hydrogen-bond acceptors (Lipinski definition) is 9. The zero-order valence-electron chi connectivity index (χ0n) is 18.4. The number of benzene rings is 1. The summed E-state index contributed by atoms with van der Waals surface area (Å²) in [6.07, 6.45) is 0.175. The summed E-state index contributed by atoms with van der Waals surface area (Å²) in [5.41, 5.74) is 7.95. The molecule has 174 valence electrons. The van der Waals surface area contributed by atoms with Crippen molar-refractivity contribution in [3.05, 3.63) is 45.9 Å². The van der Waals surface area contributed by atoms with Crippen molar-refractivity contribution < 1.29 is 23.1 Å². The summed E-state index contributed by atoms with van der Waals surface area (Å²) in [5.74, 6) is 0.121. The molecule has 2 aromatic heterocycles. The number of aromatic nitrogens is 4. The molecule has 3 rings (SSSR count). The molecule has 0 bridgehead atoms. The molecule has 0 atom stereocenters. The average molecular weight is 465 g/mol. The first-order valence-electron chi connectivity index (χ1n) is 10.2. The van der Waals surface area contributed by atoms with Crippen molar-refractivity contribution in [1.29, 1.82) is 0 Å². The second kappa shape index (κ2) is 10.7. The lowest BCUT2D eigenvalue weighted by Crippen LogP contribution is -2.18. The quantitative estimate of drug-likeness (QED) is 0.304. The Morgan fingerprint density at radius 3 is 2.34 bits per heavy atom. The van der Waals surface area contributed by atoms with Gasteiger partial charge < -0.3 is 29.2 Å². The van der Waals surface area contributed by atoms with E-state index in [0.29, 0.717) is 31.0 Å². The monoisotopic (exact) mass is 465 g/mol. The maximum atomic E-state index is 12.7. The Morgan fingerprint density at radius 2 is 1.72 bits per heavy atom. The largest absolute Gasteiger partial charge is 0.461 e. The maximum absolute atomic E-state index is 12.7. The van der Waals surface area contributed by atoms with E-state index in [2.05, 4.69) is 15.0 Å². The van der Waals surface area contributed by atoms with Crippen LogP contribution in [0.3, 0.4) is 0 Å². The van der Waals surface area contributed by atoms with Crippen LogP contribution in [-0.4, -0.2) is 53.1 Å². The summed E-state index contributed by atoms with van der Waals surface area (Å²) < 4.78 is 35.3. The normalized spacial score (nSPS) is 11.8. The highest BCUT2D eigenvalue weighted by molar-refractivity contribution is 7.53. The molecule has 3 aromatic rings. The number of aromatic amines is 1. The minimum Gasteiger partial charge on any atom is -0.461 e. The summed E-state index contributed by atoms with van der Waals surface area (Å²) in [7, 11) is -1.63. The van der Waals surface area contributed by atoms with Crippen molar-refractivity contribution in [2.45, 2.75) is 26.6 Å². The van der Waals surface area contributed by atoms with E-state index in [9.17, 15) is 9.36 Å². The van der Waals surface area contributed by atoms with Gasteiger partial charge in [0.2, 0.25) is 0 Å². The third-order valence-corrected chi connectivity index (χ3v) is 6.60. The number of nitrogens with two attached hydrogens (primary N) is 1. The fourth-order valence-corrected chi connectivity index (χ4v) is 4.84. The van der Waals surface area contributed by atoms with Gasteiger partial charge in [-0.25, -0.2) is 4.79 Å². The van der Waals surface area contributed by atoms with Crippen LogP contribution in [0.5, 0.6) is 6.01 Å². The zero-order chi connectivity index (χ0) is 23.1. The van der Waals surface area contributed by atoms with E-state index < -0.39 is 7.60 Å². The van der Waals surface area contributed by atoms with E-state index in [-0.39, 0.29) is 36.8 Å². The van der Waals surface area contributed by atoms with Gasteiger partial charge >= 0.3 is 19.3 Å². The average Bonchev–Trinajstić information content (AvgIpc) is 3.06. The molecule has 1 aromatic carbocycles. The van der Waals surface area contributed by atoms with Crippen molar-refractivity contribution in [2.24, 2.45) is 0 Å². The van der Waals surface area contributed by atoms with Crippen molar-refractivity contribution in [3.8, 4) is 6.01 Å². The summed E-state index contributed by atoms with van der Waals surface area (Å²) >= 11 is 0. The number of ether oxygens (including phenoxy) is 2. The standard InChI is InChI=1S/C20H28N5O6P/c1-4-30-32(27,31-5-2)13-15-8-6-14(7-9-15)12-25-18-16(22-20(25)26)17(21)23-19(24-18)29-11-10-28-3/h6-9H,4-5,10-13H2,1-3H3,(H,22,26)(H2,21,23,24). The SMILES string of the molecule is CCOP(=O)(Cc1ccc(Cn2c(=O)[nH]c3c(N)nc(OCCOC)nc32)cc1)OCC. The fourth-order valence-electron chi connectivity index (χ4n) is 3.14. The number of nitrogens with zero attached hydrogens (tertiary/aromatic N) is 3. The summed E-state index contributed by atoms with van der Waals surface area (Å²) in [6.45, 7) is 5.04. The number of rotatable bonds is 12. The Kier molecular flexibility index (Phi) is 8.03. The van der Waals surface area contributed by atoms with Gasteiger partial charge in [0, 0.05) is 7.11 Å². The van der Waals surface area contributed by atoms with Crippen LogP contribution in [0.1, 0.15) is 25.0 Å². The van der Waals surface area contributed by atoms with E-state index >= 15 is 0 Å². The predicted octanol–water partition coefficient (Wildman–Crippen LogP) is 2.54. The van der Waals surface area contributed by atoms with Crippen LogP contribution in [0.15, 0.2) is 29.1 Å². The molecule has 0 aliphatic carbocycles. The number of hydrogen-bond donors (Lipinski definition) is 2. The van der Waals surface area contributed by atoms with Gasteiger partial charge in [0.15, 0.2) is 11.5 Å². The van der Waals surface area contributed by atoms with E-state index in [0.717, 1.165) is 11.1 Å². The van der Waals surface area contributed by atoms with Crippen LogP contribution < -0.4 is 16.2 Å². The Morgan fingerprint density at radius 1 is 1.06 bits per heavy atom. The number of anilines is 1. The Balaban J connectivity index is 1.82. The van der Waals surface area contributed by atoms with Crippen LogP contribution in [0.25, 0.3) is 11.2 Å².